The van der Waals surface area contributed by atoms with Crippen molar-refractivity contribution in [2.24, 2.45) is 0 Å². The van der Waals surface area contributed by atoms with Crippen LogP contribution in [0.1, 0.15) is 40.5 Å². The average Bonchev–Trinajstić information content (AvgIpc) is 2.83. The Hall–Kier alpha value is -3.52. The lowest BCUT2D eigenvalue weighted by Gasteiger charge is -2.28. The molecule has 0 amide bonds. The minimum absolute atomic E-state index is 0.280. The van der Waals surface area contributed by atoms with Crippen LogP contribution in [-0.4, -0.2) is 46.4 Å². The minimum Gasteiger partial charge on any atom is -0.478 e. The Morgan fingerprint density at radius 1 is 0.722 bits per heavy atom. The van der Waals surface area contributed by atoms with Crippen LogP contribution in [0.2, 0.25) is 0 Å². The molecule has 0 atom stereocenters. The molecule has 1 aliphatic rings. The van der Waals surface area contributed by atoms with Crippen LogP contribution in [0, 0.1) is 0 Å². The molecule has 1 rings (SSSR count). The van der Waals surface area contributed by atoms with Gasteiger partial charge in [-0.05, 0) is 40.5 Å². The third-order valence-electron chi connectivity index (χ3n) is 4.98. The summed E-state index contributed by atoms with van der Waals surface area (Å²) in [5.74, 6) is -1.45. The predicted molar refractivity (Wildman–Crippen MR) is 144 cm³/mol. The second-order valence-corrected chi connectivity index (χ2v) is 8.48. The Labute approximate surface area is 214 Å². The molecule has 1 fully saturated rings. The molecule has 1 saturated heterocycles. The molecule has 0 aromatic carbocycles. The van der Waals surface area contributed by atoms with E-state index >= 15 is 0 Å². The lowest BCUT2D eigenvalue weighted by atomic mass is 10.1. The van der Waals surface area contributed by atoms with Crippen LogP contribution < -0.4 is 5.59 Å². The van der Waals surface area contributed by atoms with Gasteiger partial charge in [0.2, 0.25) is 0 Å². The summed E-state index contributed by atoms with van der Waals surface area (Å²) in [6, 6.07) is 0. The zero-order valence-electron chi connectivity index (χ0n) is 21.6. The van der Waals surface area contributed by atoms with E-state index in [0.29, 0.717) is 25.9 Å². The number of hydrazine groups is 1. The first-order valence-electron chi connectivity index (χ1n) is 11.9. The van der Waals surface area contributed by atoms with Gasteiger partial charge in [-0.15, -0.1) is 0 Å². The molecular formula is C29H38N2O5. The fourth-order valence-electron chi connectivity index (χ4n) is 2.84. The molecule has 36 heavy (non-hydrogen) atoms. The summed E-state index contributed by atoms with van der Waals surface area (Å²) in [6.07, 6.45) is 26.1. The number of allylic oxidation sites excluding steroid dienone is 16. The predicted octanol–water partition coefficient (Wildman–Crippen LogP) is 5.06. The molecular weight excluding hydrogens is 456 g/mol. The van der Waals surface area contributed by atoms with Crippen molar-refractivity contribution in [1.29, 1.82) is 0 Å². The SMILES string of the molecule is CC(=C/C=C/C(C)=C/C=C/C=C(C)/C=C/C=C(C)/C=C/C(=O)ONN1CCC(O)CC1)/C=C/C(=O)O. The molecule has 0 aromatic rings. The number of aliphatic hydroxyl groups is 1. The quantitative estimate of drug-likeness (QED) is 0.198. The topological polar surface area (TPSA) is 99.1 Å². The van der Waals surface area contributed by atoms with Crippen LogP contribution in [0.15, 0.2) is 107 Å². The fourth-order valence-corrected chi connectivity index (χ4v) is 2.84. The summed E-state index contributed by atoms with van der Waals surface area (Å²) in [6.45, 7) is 8.98. The van der Waals surface area contributed by atoms with E-state index in [9.17, 15) is 14.7 Å². The first kappa shape index (κ1) is 30.5. The summed E-state index contributed by atoms with van der Waals surface area (Å²) in [7, 11) is 0. The molecule has 0 aromatic heterocycles. The van der Waals surface area contributed by atoms with Crippen LogP contribution in [0.5, 0.6) is 0 Å². The van der Waals surface area contributed by atoms with Crippen molar-refractivity contribution in [2.75, 3.05) is 13.1 Å². The van der Waals surface area contributed by atoms with Crippen LogP contribution in [-0.2, 0) is 14.4 Å². The fraction of sp³-hybridized carbons (Fsp3) is 0.310. The maximum Gasteiger partial charge on any atom is 0.350 e. The van der Waals surface area contributed by atoms with Crippen molar-refractivity contribution in [3.05, 3.63) is 107 Å². The van der Waals surface area contributed by atoms with E-state index in [4.69, 9.17) is 9.94 Å². The second kappa shape index (κ2) is 17.8. The van der Waals surface area contributed by atoms with Gasteiger partial charge in [-0.25, -0.2) is 14.6 Å². The smallest absolute Gasteiger partial charge is 0.350 e. The number of hydrogen-bond acceptors (Lipinski definition) is 6. The summed E-state index contributed by atoms with van der Waals surface area (Å²) in [5, 5.41) is 19.9. The maximum atomic E-state index is 11.8. The van der Waals surface area contributed by atoms with Gasteiger partial charge >= 0.3 is 11.9 Å². The highest BCUT2D eigenvalue weighted by Crippen LogP contribution is 2.07. The Morgan fingerprint density at radius 2 is 1.17 bits per heavy atom. The minimum atomic E-state index is -0.962. The van der Waals surface area contributed by atoms with Crippen molar-refractivity contribution in [3.63, 3.8) is 0 Å². The molecule has 0 saturated carbocycles. The number of carbonyl (C=O) groups is 2. The van der Waals surface area contributed by atoms with Crippen molar-refractivity contribution < 1.29 is 24.6 Å². The van der Waals surface area contributed by atoms with Crippen molar-refractivity contribution in [1.82, 2.24) is 10.6 Å². The molecule has 194 valence electrons. The largest absolute Gasteiger partial charge is 0.478 e. The van der Waals surface area contributed by atoms with Gasteiger partial charge in [-0.2, -0.15) is 0 Å². The number of carboxylic acids is 1. The number of rotatable bonds is 12. The van der Waals surface area contributed by atoms with E-state index in [0.717, 1.165) is 28.4 Å². The number of hydrogen-bond donors (Lipinski definition) is 3. The van der Waals surface area contributed by atoms with E-state index < -0.39 is 11.9 Å². The Bertz CT molecular complexity index is 999. The van der Waals surface area contributed by atoms with Crippen molar-refractivity contribution in [3.8, 4) is 0 Å². The highest BCUT2D eigenvalue weighted by molar-refractivity contribution is 5.82. The van der Waals surface area contributed by atoms with Gasteiger partial charge < -0.3 is 15.1 Å². The van der Waals surface area contributed by atoms with Gasteiger partial charge in [0.25, 0.3) is 0 Å². The zero-order chi connectivity index (χ0) is 26.8. The lowest BCUT2D eigenvalue weighted by Crippen LogP contribution is -2.45. The number of aliphatic hydroxyl groups excluding tert-OH is 1. The molecule has 0 radical (unpaired) electrons. The van der Waals surface area contributed by atoms with Crippen molar-refractivity contribution >= 4 is 11.9 Å². The molecule has 1 aliphatic heterocycles. The van der Waals surface area contributed by atoms with E-state index in [1.54, 1.807) is 17.2 Å². The molecule has 7 heteroatoms. The number of carbonyl (C=O) groups excluding carboxylic acids is 1. The molecule has 0 bridgehead atoms. The van der Waals surface area contributed by atoms with Gasteiger partial charge in [0.1, 0.15) is 0 Å². The first-order valence-corrected chi connectivity index (χ1v) is 11.9. The second-order valence-electron chi connectivity index (χ2n) is 8.48. The van der Waals surface area contributed by atoms with Crippen LogP contribution >= 0.6 is 0 Å². The van der Waals surface area contributed by atoms with E-state index in [1.807, 2.05) is 88.5 Å². The highest BCUT2D eigenvalue weighted by atomic mass is 16.7. The standard InChI is InChI=1S/C29H38N2O5/c1-23(11-7-13-25(3)15-17-28(33)34)9-5-6-10-24(2)12-8-14-26(4)16-18-29(35)36-30-31-21-19-27(32)20-22-31/h5-18,27,30,32H,19-22H2,1-4H3,(H,33,34)/b6-5+,11-7+,12-8+,17-15+,18-16+,23-9+,24-10+,25-13-,26-14+. The van der Waals surface area contributed by atoms with E-state index in [1.165, 1.54) is 6.08 Å². The number of nitrogens with zero attached hydrogens (tertiary/aromatic N) is 1. The number of piperidine rings is 1. The van der Waals surface area contributed by atoms with E-state index in [-0.39, 0.29) is 6.10 Å². The maximum absolute atomic E-state index is 11.8. The molecule has 0 aliphatic carbocycles. The normalized spacial score (nSPS) is 18.0. The number of nitrogens with one attached hydrogen (secondary N) is 1. The van der Waals surface area contributed by atoms with Crippen molar-refractivity contribution in [2.45, 2.75) is 46.6 Å². The third kappa shape index (κ3) is 16.2. The number of aliphatic carboxylic acids is 1. The van der Waals surface area contributed by atoms with Gasteiger partial charge in [-0.1, -0.05) is 101 Å². The lowest BCUT2D eigenvalue weighted by molar-refractivity contribution is -0.161. The molecule has 0 spiro atoms. The van der Waals surface area contributed by atoms with Crippen LogP contribution in [0.3, 0.4) is 0 Å². The van der Waals surface area contributed by atoms with Gasteiger partial charge in [-0.3, -0.25) is 0 Å². The third-order valence-corrected chi connectivity index (χ3v) is 4.98. The Morgan fingerprint density at radius 3 is 1.67 bits per heavy atom. The molecule has 3 N–H and O–H groups in total. The zero-order valence-corrected chi connectivity index (χ0v) is 21.6. The van der Waals surface area contributed by atoms with Crippen LogP contribution in [0.25, 0.3) is 0 Å². The van der Waals surface area contributed by atoms with Gasteiger partial charge in [0.05, 0.1) is 6.10 Å². The monoisotopic (exact) mass is 494 g/mol. The Kier molecular flexibility index (Phi) is 15.1. The highest BCUT2D eigenvalue weighted by Gasteiger charge is 2.17. The van der Waals surface area contributed by atoms with Gasteiger partial charge in [0.15, 0.2) is 0 Å². The summed E-state index contributed by atoms with van der Waals surface area (Å²) >= 11 is 0. The first-order chi connectivity index (χ1) is 17.2. The Balaban J connectivity index is 2.44. The summed E-state index contributed by atoms with van der Waals surface area (Å²) in [4.78, 5) is 27.3. The van der Waals surface area contributed by atoms with Crippen LogP contribution in [0.4, 0.5) is 0 Å². The summed E-state index contributed by atoms with van der Waals surface area (Å²) in [5.41, 5.74) is 6.51. The molecule has 7 nitrogen and oxygen atoms in total. The van der Waals surface area contributed by atoms with E-state index in [2.05, 4.69) is 5.59 Å². The van der Waals surface area contributed by atoms with Gasteiger partial charge in [0, 0.05) is 25.2 Å². The molecule has 1 heterocycles. The molecule has 0 unspecified atom stereocenters. The number of carboxylic acid groups (broad SMARTS) is 1. The summed E-state index contributed by atoms with van der Waals surface area (Å²) < 4.78 is 0. The average molecular weight is 495 g/mol.